The highest BCUT2D eigenvalue weighted by molar-refractivity contribution is 7.89. The van der Waals surface area contributed by atoms with E-state index in [0.717, 1.165) is 19.3 Å². The Bertz CT molecular complexity index is 861. The third kappa shape index (κ3) is 3.27. The molecule has 132 valence electrons. The Hall–Kier alpha value is -2.32. The van der Waals surface area contributed by atoms with E-state index in [9.17, 15) is 8.42 Å². The van der Waals surface area contributed by atoms with Crippen LogP contribution in [0.4, 0.5) is 0 Å². The molecule has 1 aromatic carbocycles. The number of hydrogen-bond acceptors (Lipinski definition) is 6. The number of piperidine rings is 1. The van der Waals surface area contributed by atoms with E-state index in [1.807, 2.05) is 0 Å². The smallest absolute Gasteiger partial charge is 0.244 e. The van der Waals surface area contributed by atoms with Crippen LogP contribution in [0.3, 0.4) is 0 Å². The van der Waals surface area contributed by atoms with Gasteiger partial charge in [-0.05, 0) is 31.0 Å². The summed E-state index contributed by atoms with van der Waals surface area (Å²) in [5.41, 5.74) is 0. The number of sulfonamides is 1. The van der Waals surface area contributed by atoms with Gasteiger partial charge in [-0.3, -0.25) is 0 Å². The molecule has 7 nitrogen and oxygen atoms in total. The molecule has 25 heavy (non-hydrogen) atoms. The Labute approximate surface area is 146 Å². The fraction of sp³-hybridized carbons (Fsp3) is 0.353. The summed E-state index contributed by atoms with van der Waals surface area (Å²) < 4.78 is 42.9. The lowest BCUT2D eigenvalue weighted by atomic mass is 10.2. The average molecular weight is 362 g/mol. The summed E-state index contributed by atoms with van der Waals surface area (Å²) in [6, 6.07) is 8.30. The molecule has 1 aromatic heterocycles. The van der Waals surface area contributed by atoms with Crippen molar-refractivity contribution < 1.29 is 22.6 Å². The lowest BCUT2D eigenvalue weighted by Gasteiger charge is -2.25. The summed E-state index contributed by atoms with van der Waals surface area (Å²) >= 11 is 0. The first-order valence-electron chi connectivity index (χ1n) is 8.17. The van der Waals surface area contributed by atoms with Crippen molar-refractivity contribution in [1.29, 1.82) is 0 Å². The number of fused-ring (bicyclic) bond motifs is 1. The van der Waals surface area contributed by atoms with Crippen molar-refractivity contribution in [3.8, 4) is 23.1 Å². The van der Waals surface area contributed by atoms with Gasteiger partial charge in [-0.15, -0.1) is 0 Å². The first kappa shape index (κ1) is 16.2. The van der Waals surface area contributed by atoms with Gasteiger partial charge < -0.3 is 14.2 Å². The van der Waals surface area contributed by atoms with E-state index < -0.39 is 10.0 Å². The second-order valence-corrected chi connectivity index (χ2v) is 7.85. The number of hydrogen-bond donors (Lipinski definition) is 0. The van der Waals surface area contributed by atoms with Crippen molar-refractivity contribution in [2.75, 3.05) is 19.9 Å². The van der Waals surface area contributed by atoms with E-state index in [1.165, 1.54) is 16.6 Å². The first-order valence-corrected chi connectivity index (χ1v) is 9.61. The van der Waals surface area contributed by atoms with Crippen molar-refractivity contribution in [2.24, 2.45) is 0 Å². The zero-order valence-electron chi connectivity index (χ0n) is 13.6. The molecule has 8 heteroatoms. The van der Waals surface area contributed by atoms with E-state index in [-0.39, 0.29) is 11.7 Å². The highest BCUT2D eigenvalue weighted by atomic mass is 32.2. The van der Waals surface area contributed by atoms with Crippen LogP contribution in [-0.2, 0) is 10.0 Å². The number of rotatable bonds is 4. The molecule has 0 aliphatic carbocycles. The molecule has 1 fully saturated rings. The maximum absolute atomic E-state index is 12.6. The van der Waals surface area contributed by atoms with Crippen LogP contribution in [0.25, 0.3) is 0 Å². The van der Waals surface area contributed by atoms with Gasteiger partial charge in [-0.1, -0.05) is 6.42 Å². The Kier molecular flexibility index (Phi) is 4.22. The van der Waals surface area contributed by atoms with Gasteiger partial charge in [-0.2, -0.15) is 4.31 Å². The second kappa shape index (κ2) is 6.53. The van der Waals surface area contributed by atoms with Crippen LogP contribution in [0.15, 0.2) is 41.4 Å². The average Bonchev–Trinajstić information content (AvgIpc) is 3.11. The summed E-state index contributed by atoms with van der Waals surface area (Å²) in [7, 11) is -3.48. The fourth-order valence-corrected chi connectivity index (χ4v) is 4.36. The van der Waals surface area contributed by atoms with Crippen LogP contribution < -0.4 is 14.2 Å². The molecular formula is C17H18N2O5S. The predicted molar refractivity (Wildman–Crippen MR) is 89.5 cm³/mol. The van der Waals surface area contributed by atoms with Gasteiger partial charge in [0.25, 0.3) is 0 Å². The summed E-state index contributed by atoms with van der Waals surface area (Å²) in [6.45, 7) is 1.33. The van der Waals surface area contributed by atoms with Crippen LogP contribution in [0.2, 0.25) is 0 Å². The molecule has 0 atom stereocenters. The molecule has 0 spiro atoms. The van der Waals surface area contributed by atoms with Crippen molar-refractivity contribution in [2.45, 2.75) is 24.2 Å². The lowest BCUT2D eigenvalue weighted by Crippen LogP contribution is -2.35. The van der Waals surface area contributed by atoms with Crippen LogP contribution in [0, 0.1) is 0 Å². The molecule has 3 heterocycles. The van der Waals surface area contributed by atoms with Gasteiger partial charge in [0.15, 0.2) is 11.5 Å². The second-order valence-electron chi connectivity index (χ2n) is 5.91. The molecule has 0 N–H and O–H groups in total. The van der Waals surface area contributed by atoms with Gasteiger partial charge in [0.2, 0.25) is 22.7 Å². The minimum absolute atomic E-state index is 0.187. The quantitative estimate of drug-likeness (QED) is 0.832. The van der Waals surface area contributed by atoms with E-state index in [0.29, 0.717) is 36.2 Å². The van der Waals surface area contributed by atoms with E-state index in [4.69, 9.17) is 14.2 Å². The molecule has 1 saturated heterocycles. The molecule has 0 amide bonds. The Morgan fingerprint density at radius 2 is 1.80 bits per heavy atom. The molecule has 0 unspecified atom stereocenters. The Morgan fingerprint density at radius 3 is 2.56 bits per heavy atom. The monoisotopic (exact) mass is 362 g/mol. The van der Waals surface area contributed by atoms with Crippen molar-refractivity contribution >= 4 is 10.0 Å². The number of benzene rings is 1. The van der Waals surface area contributed by atoms with Crippen molar-refractivity contribution in [1.82, 2.24) is 9.29 Å². The zero-order valence-corrected chi connectivity index (χ0v) is 14.4. The highest BCUT2D eigenvalue weighted by Gasteiger charge is 2.26. The first-order chi connectivity index (χ1) is 12.1. The van der Waals surface area contributed by atoms with E-state index in [1.54, 1.807) is 24.3 Å². The maximum Gasteiger partial charge on any atom is 0.244 e. The molecule has 2 aliphatic rings. The minimum Gasteiger partial charge on any atom is -0.454 e. The molecule has 0 saturated carbocycles. The highest BCUT2D eigenvalue weighted by Crippen LogP contribution is 2.36. The van der Waals surface area contributed by atoms with Crippen molar-refractivity contribution in [3.05, 3.63) is 36.5 Å². The van der Waals surface area contributed by atoms with Gasteiger partial charge in [0, 0.05) is 25.2 Å². The third-order valence-corrected chi connectivity index (χ3v) is 6.11. The van der Waals surface area contributed by atoms with E-state index in [2.05, 4.69) is 4.98 Å². The number of ether oxygens (including phenoxy) is 3. The number of nitrogens with zero attached hydrogens (tertiary/aromatic N) is 2. The summed E-state index contributed by atoms with van der Waals surface area (Å²) in [6.07, 6.45) is 4.22. The van der Waals surface area contributed by atoms with Crippen LogP contribution in [0.5, 0.6) is 23.1 Å². The predicted octanol–water partition coefficient (Wildman–Crippen LogP) is 2.78. The van der Waals surface area contributed by atoms with Gasteiger partial charge in [0.05, 0.1) is 6.20 Å². The molecule has 4 rings (SSSR count). The van der Waals surface area contributed by atoms with Gasteiger partial charge >= 0.3 is 0 Å². The normalized spacial score (nSPS) is 17.4. The number of pyridine rings is 1. The lowest BCUT2D eigenvalue weighted by molar-refractivity contribution is 0.174. The van der Waals surface area contributed by atoms with Gasteiger partial charge in [-0.25, -0.2) is 13.4 Å². The fourth-order valence-electron chi connectivity index (χ4n) is 2.90. The molecule has 0 bridgehead atoms. The summed E-state index contributed by atoms with van der Waals surface area (Å²) in [4.78, 5) is 4.32. The summed E-state index contributed by atoms with van der Waals surface area (Å²) in [5, 5.41) is 0. The number of aromatic nitrogens is 1. The maximum atomic E-state index is 12.6. The van der Waals surface area contributed by atoms with Crippen molar-refractivity contribution in [3.63, 3.8) is 0 Å². The van der Waals surface area contributed by atoms with E-state index >= 15 is 0 Å². The van der Waals surface area contributed by atoms with Crippen LogP contribution in [-0.4, -0.2) is 37.6 Å². The zero-order chi connectivity index (χ0) is 17.3. The Morgan fingerprint density at radius 1 is 1.00 bits per heavy atom. The minimum atomic E-state index is -3.48. The Balaban J connectivity index is 1.50. The molecular weight excluding hydrogens is 344 g/mol. The van der Waals surface area contributed by atoms with Gasteiger partial charge in [0.1, 0.15) is 10.6 Å². The molecule has 2 aliphatic heterocycles. The standard InChI is InChI=1S/C17H18N2O5S/c20-25(21,19-8-2-1-3-9-19)14-5-7-17(18-11-14)24-13-4-6-15-16(10-13)23-12-22-15/h4-7,10-11H,1-3,8-9,12H2. The van der Waals surface area contributed by atoms with Crippen LogP contribution >= 0.6 is 0 Å². The molecule has 2 aromatic rings. The topological polar surface area (TPSA) is 78.0 Å². The summed E-state index contributed by atoms with van der Waals surface area (Å²) in [5.74, 6) is 2.14. The molecule has 0 radical (unpaired) electrons. The van der Waals surface area contributed by atoms with Crippen LogP contribution in [0.1, 0.15) is 19.3 Å². The largest absolute Gasteiger partial charge is 0.454 e. The SMILES string of the molecule is O=S(=O)(c1ccc(Oc2ccc3c(c2)OCO3)nc1)N1CCCCC1. The third-order valence-electron chi connectivity index (χ3n) is 4.23.